The molecule has 1 amide bonds. The van der Waals surface area contributed by atoms with Gasteiger partial charge in [-0.2, -0.15) is 0 Å². The molecule has 3 rings (SSSR count). The number of amides is 1. The number of carbonyl (C=O) groups is 1. The van der Waals surface area contributed by atoms with Crippen molar-refractivity contribution in [3.05, 3.63) is 35.4 Å². The van der Waals surface area contributed by atoms with Crippen molar-refractivity contribution in [2.24, 2.45) is 5.92 Å². The Bertz CT molecular complexity index is 586. The molecule has 0 saturated carbocycles. The van der Waals surface area contributed by atoms with Gasteiger partial charge in [-0.05, 0) is 80.8 Å². The van der Waals surface area contributed by atoms with E-state index < -0.39 is 0 Å². The van der Waals surface area contributed by atoms with Crippen molar-refractivity contribution in [2.75, 3.05) is 32.7 Å². The molecule has 2 saturated heterocycles. The fraction of sp³-hybridized carbons (Fsp3) is 0.708. The minimum absolute atomic E-state index is 0.132. The van der Waals surface area contributed by atoms with Crippen molar-refractivity contribution < 1.29 is 4.79 Å². The van der Waals surface area contributed by atoms with E-state index in [-0.39, 0.29) is 11.3 Å². The fourth-order valence-corrected chi connectivity index (χ4v) is 4.45. The Hall–Kier alpha value is -1.35. The highest BCUT2D eigenvalue weighted by molar-refractivity contribution is 5.94. The molecular weight excluding hydrogens is 332 g/mol. The molecule has 2 aliphatic rings. The van der Waals surface area contributed by atoms with Crippen LogP contribution in [0.1, 0.15) is 81.6 Å². The molecule has 1 aromatic rings. The average molecular weight is 371 g/mol. The van der Waals surface area contributed by atoms with Crippen LogP contribution >= 0.6 is 0 Å². The predicted octanol–water partition coefficient (Wildman–Crippen LogP) is 5.10. The van der Waals surface area contributed by atoms with Gasteiger partial charge in [0.1, 0.15) is 0 Å². The van der Waals surface area contributed by atoms with E-state index in [4.69, 9.17) is 0 Å². The molecule has 0 aliphatic carbocycles. The Morgan fingerprint density at radius 3 is 2.07 bits per heavy atom. The normalized spacial score (nSPS) is 20.5. The summed E-state index contributed by atoms with van der Waals surface area (Å²) < 4.78 is 0. The second-order valence-electron chi connectivity index (χ2n) is 9.61. The molecule has 3 heteroatoms. The largest absolute Gasteiger partial charge is 0.339 e. The second-order valence-corrected chi connectivity index (χ2v) is 9.61. The molecule has 0 N–H and O–H groups in total. The fourth-order valence-electron chi connectivity index (χ4n) is 4.45. The van der Waals surface area contributed by atoms with Gasteiger partial charge in [-0.1, -0.05) is 45.7 Å². The van der Waals surface area contributed by atoms with Gasteiger partial charge in [0.25, 0.3) is 5.91 Å². The number of nitrogens with zero attached hydrogens (tertiary/aromatic N) is 2. The van der Waals surface area contributed by atoms with E-state index in [1.165, 1.54) is 70.1 Å². The van der Waals surface area contributed by atoms with Crippen molar-refractivity contribution >= 4 is 5.91 Å². The molecule has 3 nitrogen and oxygen atoms in total. The Kier molecular flexibility index (Phi) is 6.97. The van der Waals surface area contributed by atoms with Crippen LogP contribution in [0.25, 0.3) is 0 Å². The number of piperidine rings is 1. The summed E-state index contributed by atoms with van der Waals surface area (Å²) in [5, 5.41) is 0. The highest BCUT2D eigenvalue weighted by atomic mass is 16.2. The van der Waals surface area contributed by atoms with Gasteiger partial charge in [-0.3, -0.25) is 4.79 Å². The molecule has 0 atom stereocenters. The minimum Gasteiger partial charge on any atom is -0.339 e. The van der Waals surface area contributed by atoms with Crippen molar-refractivity contribution in [2.45, 2.75) is 71.1 Å². The van der Waals surface area contributed by atoms with Gasteiger partial charge >= 0.3 is 0 Å². The summed E-state index contributed by atoms with van der Waals surface area (Å²) >= 11 is 0. The van der Waals surface area contributed by atoms with Gasteiger partial charge in [0.05, 0.1) is 0 Å². The first kappa shape index (κ1) is 20.4. The van der Waals surface area contributed by atoms with E-state index in [9.17, 15) is 4.79 Å². The molecule has 2 heterocycles. The highest BCUT2D eigenvalue weighted by Crippen LogP contribution is 2.25. The zero-order valence-electron chi connectivity index (χ0n) is 17.7. The van der Waals surface area contributed by atoms with Crippen LogP contribution in [0.5, 0.6) is 0 Å². The van der Waals surface area contributed by atoms with Crippen LogP contribution in [0.4, 0.5) is 0 Å². The second kappa shape index (κ2) is 9.23. The Labute approximate surface area is 166 Å². The number of rotatable bonds is 4. The summed E-state index contributed by atoms with van der Waals surface area (Å²) in [5.74, 6) is 1.00. The number of carbonyl (C=O) groups excluding carboxylic acids is 1. The molecule has 1 aromatic carbocycles. The Balaban J connectivity index is 1.45. The van der Waals surface area contributed by atoms with Crippen molar-refractivity contribution in [1.82, 2.24) is 9.80 Å². The zero-order chi connectivity index (χ0) is 19.3. The first-order valence-corrected chi connectivity index (χ1v) is 11.1. The molecule has 27 heavy (non-hydrogen) atoms. The summed E-state index contributed by atoms with van der Waals surface area (Å²) in [6.45, 7) is 12.3. The predicted molar refractivity (Wildman–Crippen MR) is 113 cm³/mol. The maximum atomic E-state index is 12.8. The van der Waals surface area contributed by atoms with Gasteiger partial charge < -0.3 is 9.80 Å². The number of hydrogen-bond acceptors (Lipinski definition) is 2. The molecule has 0 radical (unpaired) electrons. The van der Waals surface area contributed by atoms with Crippen LogP contribution in [-0.2, 0) is 5.41 Å². The standard InChI is InChI=1S/C24H38N2O/c1-24(2,3)22-10-8-21(9-11-22)23(27)26-18-13-20(14-19-26)12-17-25-15-6-4-5-7-16-25/h8-11,20H,4-7,12-19H2,1-3H3. The number of benzene rings is 1. The van der Waals surface area contributed by atoms with Gasteiger partial charge in [0.15, 0.2) is 0 Å². The third-order valence-electron chi connectivity index (χ3n) is 6.45. The summed E-state index contributed by atoms with van der Waals surface area (Å²) in [6.07, 6.45) is 9.21. The van der Waals surface area contributed by atoms with Crippen molar-refractivity contribution in [1.29, 1.82) is 0 Å². The van der Waals surface area contributed by atoms with Gasteiger partial charge in [-0.25, -0.2) is 0 Å². The molecule has 2 aliphatic heterocycles. The molecule has 150 valence electrons. The zero-order valence-corrected chi connectivity index (χ0v) is 17.7. The smallest absolute Gasteiger partial charge is 0.253 e. The molecule has 0 spiro atoms. The summed E-state index contributed by atoms with van der Waals surface area (Å²) in [7, 11) is 0. The number of hydrogen-bond donors (Lipinski definition) is 0. The maximum Gasteiger partial charge on any atom is 0.253 e. The third kappa shape index (κ3) is 5.81. The van der Waals surface area contributed by atoms with Gasteiger partial charge in [0, 0.05) is 18.7 Å². The SMILES string of the molecule is CC(C)(C)c1ccc(C(=O)N2CCC(CCN3CCCCCC3)CC2)cc1. The Morgan fingerprint density at radius 1 is 0.926 bits per heavy atom. The monoisotopic (exact) mass is 370 g/mol. The minimum atomic E-state index is 0.132. The van der Waals surface area contributed by atoms with E-state index in [1.54, 1.807) is 0 Å². The van der Waals surface area contributed by atoms with Gasteiger partial charge in [0.2, 0.25) is 0 Å². The van der Waals surface area contributed by atoms with Crippen molar-refractivity contribution in [3.8, 4) is 0 Å². The lowest BCUT2D eigenvalue weighted by Gasteiger charge is -2.33. The van der Waals surface area contributed by atoms with E-state index in [1.807, 2.05) is 12.1 Å². The summed E-state index contributed by atoms with van der Waals surface area (Å²) in [6, 6.07) is 8.24. The third-order valence-corrected chi connectivity index (χ3v) is 6.45. The van der Waals surface area contributed by atoms with Crippen LogP contribution in [0.2, 0.25) is 0 Å². The van der Waals surface area contributed by atoms with Crippen LogP contribution < -0.4 is 0 Å². The molecule has 2 fully saturated rings. The lowest BCUT2D eigenvalue weighted by atomic mass is 9.86. The van der Waals surface area contributed by atoms with Crippen LogP contribution in [0.15, 0.2) is 24.3 Å². The molecular formula is C24H38N2O. The molecule has 0 bridgehead atoms. The van der Waals surface area contributed by atoms with Crippen molar-refractivity contribution in [3.63, 3.8) is 0 Å². The van der Waals surface area contributed by atoms with Crippen LogP contribution in [0.3, 0.4) is 0 Å². The maximum absolute atomic E-state index is 12.8. The summed E-state index contributed by atoms with van der Waals surface area (Å²) in [4.78, 5) is 17.6. The quantitative estimate of drug-likeness (QED) is 0.736. The average Bonchev–Trinajstić information content (AvgIpc) is 2.94. The number of likely N-dealkylation sites (tertiary alicyclic amines) is 2. The van der Waals surface area contributed by atoms with E-state index in [0.29, 0.717) is 0 Å². The van der Waals surface area contributed by atoms with Gasteiger partial charge in [-0.15, -0.1) is 0 Å². The highest BCUT2D eigenvalue weighted by Gasteiger charge is 2.24. The van der Waals surface area contributed by atoms with E-state index in [0.717, 1.165) is 24.6 Å². The lowest BCUT2D eigenvalue weighted by molar-refractivity contribution is 0.0681. The topological polar surface area (TPSA) is 23.6 Å². The first-order valence-electron chi connectivity index (χ1n) is 11.1. The molecule has 0 aromatic heterocycles. The van der Waals surface area contributed by atoms with Crippen LogP contribution in [0, 0.1) is 5.92 Å². The first-order chi connectivity index (χ1) is 12.9. The summed E-state index contributed by atoms with van der Waals surface area (Å²) in [5.41, 5.74) is 2.25. The van der Waals surface area contributed by atoms with E-state index >= 15 is 0 Å². The molecule has 0 unspecified atom stereocenters. The van der Waals surface area contributed by atoms with E-state index in [2.05, 4.69) is 42.7 Å². The Morgan fingerprint density at radius 2 is 1.52 bits per heavy atom. The lowest BCUT2D eigenvalue weighted by Crippen LogP contribution is -2.39. The van der Waals surface area contributed by atoms with Crippen LogP contribution in [-0.4, -0.2) is 48.4 Å².